The first-order valence-corrected chi connectivity index (χ1v) is 8.63. The number of benzene rings is 1. The maximum atomic E-state index is 12.3. The first kappa shape index (κ1) is 15.7. The molecule has 6 heteroatoms. The number of thiophene rings is 1. The van der Waals surface area contributed by atoms with E-state index >= 15 is 0 Å². The number of para-hydroxylation sites is 2. The number of carbonyl (C=O) groups excluding carboxylic acids is 1. The van der Waals surface area contributed by atoms with Crippen LogP contribution in [0.4, 0.5) is 4.79 Å². The van der Waals surface area contributed by atoms with Gasteiger partial charge in [-0.1, -0.05) is 12.1 Å². The summed E-state index contributed by atoms with van der Waals surface area (Å²) in [5, 5.41) is 6.98. The zero-order valence-electron chi connectivity index (χ0n) is 13.0. The lowest BCUT2D eigenvalue weighted by Crippen LogP contribution is -2.47. The van der Waals surface area contributed by atoms with Crippen molar-refractivity contribution in [1.82, 2.24) is 10.2 Å². The average Bonchev–Trinajstić information content (AvgIpc) is 3.11. The Bertz CT molecular complexity index is 645. The lowest BCUT2D eigenvalue weighted by molar-refractivity contribution is 0.0675. The third kappa shape index (κ3) is 3.96. The van der Waals surface area contributed by atoms with Gasteiger partial charge in [0.25, 0.3) is 0 Å². The second-order valence-corrected chi connectivity index (χ2v) is 6.11. The van der Waals surface area contributed by atoms with Crippen molar-refractivity contribution in [3.05, 3.63) is 46.7 Å². The van der Waals surface area contributed by atoms with E-state index < -0.39 is 0 Å². The normalized spacial score (nSPS) is 16.0. The summed E-state index contributed by atoms with van der Waals surface area (Å²) >= 11 is 1.63. The van der Waals surface area contributed by atoms with Gasteiger partial charge in [-0.05, 0) is 41.4 Å². The van der Waals surface area contributed by atoms with Crippen molar-refractivity contribution >= 4 is 17.4 Å². The monoisotopic (exact) mass is 332 g/mol. The van der Waals surface area contributed by atoms with Crippen LogP contribution in [0.1, 0.15) is 12.5 Å². The molecule has 122 valence electrons. The van der Waals surface area contributed by atoms with Crippen molar-refractivity contribution in [2.45, 2.75) is 19.6 Å². The fraction of sp³-hybridized carbons (Fsp3) is 0.353. The van der Waals surface area contributed by atoms with Crippen molar-refractivity contribution in [1.29, 1.82) is 0 Å². The summed E-state index contributed by atoms with van der Waals surface area (Å²) < 4.78 is 11.6. The predicted octanol–water partition coefficient (Wildman–Crippen LogP) is 3.12. The number of urea groups is 1. The molecular formula is C17H20N2O3S. The maximum Gasteiger partial charge on any atom is 0.317 e. The molecule has 1 atom stereocenters. The summed E-state index contributed by atoms with van der Waals surface area (Å²) in [4.78, 5) is 14.1. The highest BCUT2D eigenvalue weighted by molar-refractivity contribution is 7.07. The van der Waals surface area contributed by atoms with Gasteiger partial charge in [0.15, 0.2) is 17.6 Å². The van der Waals surface area contributed by atoms with Gasteiger partial charge in [0.1, 0.15) is 6.61 Å². The molecule has 2 amide bonds. The number of hydrogen-bond acceptors (Lipinski definition) is 4. The Labute approximate surface area is 139 Å². The number of rotatable bonds is 5. The topological polar surface area (TPSA) is 50.8 Å². The molecule has 1 unspecified atom stereocenters. The quantitative estimate of drug-likeness (QED) is 0.915. The molecule has 1 aromatic heterocycles. The average molecular weight is 332 g/mol. The number of nitrogens with zero attached hydrogens (tertiary/aromatic N) is 1. The number of likely N-dealkylation sites (N-methyl/N-ethyl adjacent to an activating group) is 1. The van der Waals surface area contributed by atoms with Crippen molar-refractivity contribution < 1.29 is 14.3 Å². The zero-order valence-corrected chi connectivity index (χ0v) is 13.8. The van der Waals surface area contributed by atoms with Crippen LogP contribution < -0.4 is 14.8 Å². The molecule has 5 nitrogen and oxygen atoms in total. The van der Waals surface area contributed by atoms with E-state index in [-0.39, 0.29) is 12.1 Å². The first-order valence-electron chi connectivity index (χ1n) is 7.68. The summed E-state index contributed by atoms with van der Waals surface area (Å²) in [6.07, 6.45) is -0.156. The SMILES string of the molecule is CCN(CC1COc2ccccc2O1)C(=O)NCc1ccsc1. The van der Waals surface area contributed by atoms with Crippen LogP contribution in [0.5, 0.6) is 11.5 Å². The minimum Gasteiger partial charge on any atom is -0.486 e. The molecule has 0 radical (unpaired) electrons. The van der Waals surface area contributed by atoms with Gasteiger partial charge in [-0.25, -0.2) is 4.79 Å². The molecule has 0 saturated heterocycles. The van der Waals surface area contributed by atoms with Crippen molar-refractivity contribution in [2.24, 2.45) is 0 Å². The van der Waals surface area contributed by atoms with Gasteiger partial charge < -0.3 is 19.7 Å². The molecule has 0 spiro atoms. The Morgan fingerprint density at radius 3 is 2.91 bits per heavy atom. The van der Waals surface area contributed by atoms with Crippen LogP contribution in [-0.2, 0) is 6.54 Å². The maximum absolute atomic E-state index is 12.3. The molecule has 1 N–H and O–H groups in total. The van der Waals surface area contributed by atoms with E-state index in [1.54, 1.807) is 16.2 Å². The third-order valence-electron chi connectivity index (χ3n) is 3.68. The van der Waals surface area contributed by atoms with Crippen LogP contribution >= 0.6 is 11.3 Å². The van der Waals surface area contributed by atoms with E-state index in [2.05, 4.69) is 5.32 Å². The molecule has 2 heterocycles. The molecule has 3 rings (SSSR count). The molecule has 0 fully saturated rings. The van der Waals surface area contributed by atoms with Crippen molar-refractivity contribution in [3.63, 3.8) is 0 Å². The Kier molecular flexibility index (Phi) is 5.02. The van der Waals surface area contributed by atoms with E-state index in [1.165, 1.54) is 0 Å². The summed E-state index contributed by atoms with van der Waals surface area (Å²) in [5.74, 6) is 1.49. The summed E-state index contributed by atoms with van der Waals surface area (Å²) in [6, 6.07) is 9.52. The molecular weight excluding hydrogens is 312 g/mol. The van der Waals surface area contributed by atoms with E-state index in [0.717, 1.165) is 17.1 Å². The second kappa shape index (κ2) is 7.37. The Morgan fingerprint density at radius 2 is 2.17 bits per heavy atom. The van der Waals surface area contributed by atoms with E-state index in [4.69, 9.17) is 9.47 Å². The van der Waals surface area contributed by atoms with Gasteiger partial charge >= 0.3 is 6.03 Å². The lowest BCUT2D eigenvalue weighted by atomic mass is 10.2. The minimum absolute atomic E-state index is 0.0823. The van der Waals surface area contributed by atoms with Gasteiger partial charge in [0.2, 0.25) is 0 Å². The number of nitrogens with one attached hydrogen (secondary N) is 1. The third-order valence-corrected chi connectivity index (χ3v) is 4.42. The van der Waals surface area contributed by atoms with Gasteiger partial charge in [-0.15, -0.1) is 0 Å². The van der Waals surface area contributed by atoms with E-state index in [1.807, 2.05) is 48.0 Å². The predicted molar refractivity (Wildman–Crippen MR) is 90.2 cm³/mol. The van der Waals surface area contributed by atoms with Gasteiger partial charge in [-0.3, -0.25) is 0 Å². The standard InChI is InChI=1S/C17H20N2O3S/c1-2-19(17(20)18-9-13-7-8-23-12-13)10-14-11-21-15-5-3-4-6-16(15)22-14/h3-8,12,14H,2,9-11H2,1H3,(H,18,20). The number of amides is 2. The number of fused-ring (bicyclic) bond motifs is 1. The van der Waals surface area contributed by atoms with E-state index in [9.17, 15) is 4.79 Å². The largest absolute Gasteiger partial charge is 0.486 e. The van der Waals surface area contributed by atoms with Gasteiger partial charge in [0, 0.05) is 13.1 Å². The lowest BCUT2D eigenvalue weighted by Gasteiger charge is -2.30. The number of hydrogen-bond donors (Lipinski definition) is 1. The second-order valence-electron chi connectivity index (χ2n) is 5.33. The number of carbonyl (C=O) groups is 1. The molecule has 1 aromatic carbocycles. The summed E-state index contributed by atoms with van der Waals surface area (Å²) in [5.41, 5.74) is 1.12. The molecule has 0 aliphatic carbocycles. The smallest absolute Gasteiger partial charge is 0.317 e. The highest BCUT2D eigenvalue weighted by Crippen LogP contribution is 2.30. The fourth-order valence-corrected chi connectivity index (χ4v) is 3.11. The number of ether oxygens (including phenoxy) is 2. The van der Waals surface area contributed by atoms with Crippen LogP contribution in [-0.4, -0.2) is 36.7 Å². The van der Waals surface area contributed by atoms with Crippen LogP contribution in [0.3, 0.4) is 0 Å². The Morgan fingerprint density at radius 1 is 1.35 bits per heavy atom. The highest BCUT2D eigenvalue weighted by Gasteiger charge is 2.24. The molecule has 23 heavy (non-hydrogen) atoms. The molecule has 1 aliphatic heterocycles. The Balaban J connectivity index is 1.54. The molecule has 1 aliphatic rings. The summed E-state index contributed by atoms with van der Waals surface area (Å²) in [7, 11) is 0. The van der Waals surface area contributed by atoms with E-state index in [0.29, 0.717) is 26.2 Å². The molecule has 2 aromatic rings. The van der Waals surface area contributed by atoms with Gasteiger partial charge in [-0.2, -0.15) is 11.3 Å². The first-order chi connectivity index (χ1) is 11.3. The summed E-state index contributed by atoms with van der Waals surface area (Å²) in [6.45, 7) is 4.08. The van der Waals surface area contributed by atoms with Crippen molar-refractivity contribution in [2.75, 3.05) is 19.7 Å². The van der Waals surface area contributed by atoms with Crippen LogP contribution in [0.25, 0.3) is 0 Å². The van der Waals surface area contributed by atoms with Gasteiger partial charge in [0.05, 0.1) is 6.54 Å². The van der Waals surface area contributed by atoms with Crippen molar-refractivity contribution in [3.8, 4) is 11.5 Å². The van der Waals surface area contributed by atoms with Crippen LogP contribution in [0.2, 0.25) is 0 Å². The van der Waals surface area contributed by atoms with Crippen LogP contribution in [0, 0.1) is 0 Å². The molecule has 0 saturated carbocycles. The van der Waals surface area contributed by atoms with Crippen LogP contribution in [0.15, 0.2) is 41.1 Å². The zero-order chi connectivity index (χ0) is 16.1. The highest BCUT2D eigenvalue weighted by atomic mass is 32.1. The fourth-order valence-electron chi connectivity index (χ4n) is 2.44. The Hall–Kier alpha value is -2.21. The molecule has 0 bridgehead atoms. The minimum atomic E-state index is -0.156.